The van der Waals surface area contributed by atoms with Crippen LogP contribution in [0.3, 0.4) is 0 Å². The summed E-state index contributed by atoms with van der Waals surface area (Å²) in [6.07, 6.45) is 1.21. The minimum absolute atomic E-state index is 0.0789. The van der Waals surface area contributed by atoms with Crippen molar-refractivity contribution in [3.8, 4) is 0 Å². The molecule has 1 N–H and O–H groups in total. The Kier molecular flexibility index (Phi) is 5.77. The first kappa shape index (κ1) is 20.7. The summed E-state index contributed by atoms with van der Waals surface area (Å²) in [5.41, 5.74) is 0.825. The topological polar surface area (TPSA) is 94.0 Å². The molecule has 0 spiro atoms. The Balaban J connectivity index is 1.35. The smallest absolute Gasteiger partial charge is 0.248 e. The van der Waals surface area contributed by atoms with Gasteiger partial charge in [0, 0.05) is 6.42 Å². The molecule has 0 fully saturated rings. The van der Waals surface area contributed by atoms with E-state index in [9.17, 15) is 17.6 Å². The second kappa shape index (κ2) is 8.65. The molecule has 0 radical (unpaired) electrons. The van der Waals surface area contributed by atoms with Crippen LogP contribution in [0, 0.1) is 5.82 Å². The van der Waals surface area contributed by atoms with Crippen LogP contribution in [0.25, 0.3) is 10.8 Å². The molecule has 0 atom stereocenters. The number of halogens is 1. The Morgan fingerprint density at radius 2 is 1.74 bits per heavy atom. The third-order valence-electron chi connectivity index (χ3n) is 4.72. The lowest BCUT2D eigenvalue weighted by Crippen LogP contribution is -2.18. The summed E-state index contributed by atoms with van der Waals surface area (Å²) in [5, 5.41) is 8.41. The van der Waals surface area contributed by atoms with Crippen LogP contribution in [0.5, 0.6) is 0 Å². The van der Waals surface area contributed by atoms with Gasteiger partial charge in [0.05, 0.1) is 17.2 Å². The molecule has 0 aliphatic rings. The molecule has 1 amide bonds. The highest BCUT2D eigenvalue weighted by Gasteiger charge is 2.18. The number of hydrogen-bond acceptors (Lipinski definition) is 5. The number of rotatable bonds is 7. The van der Waals surface area contributed by atoms with E-state index in [1.807, 2.05) is 24.3 Å². The zero-order chi connectivity index (χ0) is 21.8. The van der Waals surface area contributed by atoms with Crippen molar-refractivity contribution in [1.82, 2.24) is 14.8 Å². The molecule has 31 heavy (non-hydrogen) atoms. The van der Waals surface area contributed by atoms with Gasteiger partial charge in [-0.15, -0.1) is 5.10 Å². The Morgan fingerprint density at radius 3 is 2.52 bits per heavy atom. The molecule has 0 aliphatic carbocycles. The van der Waals surface area contributed by atoms with Gasteiger partial charge in [0.2, 0.25) is 11.9 Å². The molecule has 0 unspecified atom stereocenters. The van der Waals surface area contributed by atoms with E-state index in [2.05, 4.69) is 15.4 Å². The number of hydrogen-bond donors (Lipinski definition) is 1. The molecular weight excluding hydrogens is 419 g/mol. The molecule has 4 rings (SSSR count). The van der Waals surface area contributed by atoms with E-state index in [1.165, 1.54) is 23.1 Å². The van der Waals surface area contributed by atoms with Gasteiger partial charge in [0.25, 0.3) is 0 Å². The predicted molar refractivity (Wildman–Crippen MR) is 115 cm³/mol. The van der Waals surface area contributed by atoms with Gasteiger partial charge in [-0.25, -0.2) is 22.5 Å². The number of fused-ring (bicyclic) bond motifs is 1. The van der Waals surface area contributed by atoms with Crippen LogP contribution in [0.4, 0.5) is 10.3 Å². The molecular formula is C22H19FN4O3S. The number of aromatic nitrogens is 3. The van der Waals surface area contributed by atoms with Gasteiger partial charge >= 0.3 is 0 Å². The van der Waals surface area contributed by atoms with Crippen LogP contribution < -0.4 is 5.32 Å². The molecule has 7 nitrogen and oxygen atoms in total. The second-order valence-corrected chi connectivity index (χ2v) is 9.13. The summed E-state index contributed by atoms with van der Waals surface area (Å²) in [6.45, 7) is 0.361. The normalized spacial score (nSPS) is 11.5. The minimum atomic E-state index is -3.62. The van der Waals surface area contributed by atoms with E-state index < -0.39 is 15.7 Å². The maximum absolute atomic E-state index is 13.0. The van der Waals surface area contributed by atoms with Crippen molar-refractivity contribution in [2.45, 2.75) is 17.9 Å². The first-order chi connectivity index (χ1) is 14.9. The maximum Gasteiger partial charge on any atom is 0.248 e. The molecule has 0 aliphatic heterocycles. The van der Waals surface area contributed by atoms with Gasteiger partial charge in [-0.2, -0.15) is 0 Å². The monoisotopic (exact) mass is 438 g/mol. The summed E-state index contributed by atoms with van der Waals surface area (Å²) in [5.74, 6) is -1.07. The Labute approximate surface area is 178 Å². The minimum Gasteiger partial charge on any atom is -0.293 e. The van der Waals surface area contributed by atoms with Gasteiger partial charge in [-0.3, -0.25) is 10.1 Å². The Bertz CT molecular complexity index is 1330. The number of carbonyl (C=O) groups is 1. The van der Waals surface area contributed by atoms with Crippen molar-refractivity contribution in [2.75, 3.05) is 11.1 Å². The first-order valence-electron chi connectivity index (χ1n) is 9.54. The SMILES string of the molecule is O=C(CCS(=O)(=O)c1ccc2ccccc2c1)Nc1ncn(Cc2ccc(F)cc2)n1. The van der Waals surface area contributed by atoms with Gasteiger partial charge in [-0.05, 0) is 40.6 Å². The molecule has 3 aromatic carbocycles. The van der Waals surface area contributed by atoms with E-state index >= 15 is 0 Å². The molecule has 0 saturated carbocycles. The lowest BCUT2D eigenvalue weighted by Gasteiger charge is -2.06. The summed E-state index contributed by atoms with van der Waals surface area (Å²) in [7, 11) is -3.62. The van der Waals surface area contributed by atoms with Crippen molar-refractivity contribution in [3.63, 3.8) is 0 Å². The van der Waals surface area contributed by atoms with E-state index in [-0.39, 0.29) is 28.8 Å². The average molecular weight is 438 g/mol. The number of benzene rings is 3. The van der Waals surface area contributed by atoms with Crippen LogP contribution >= 0.6 is 0 Å². The Morgan fingerprint density at radius 1 is 1.00 bits per heavy atom. The fraction of sp³-hybridized carbons (Fsp3) is 0.136. The number of nitrogens with one attached hydrogen (secondary N) is 1. The lowest BCUT2D eigenvalue weighted by molar-refractivity contribution is -0.115. The molecule has 0 bridgehead atoms. The first-order valence-corrected chi connectivity index (χ1v) is 11.2. The van der Waals surface area contributed by atoms with Crippen molar-refractivity contribution < 1.29 is 17.6 Å². The standard InChI is InChI=1S/C22H19FN4O3S/c23-19-8-5-16(6-9-19)14-27-15-24-22(26-27)25-21(28)11-12-31(29,30)20-10-7-17-3-1-2-4-18(17)13-20/h1-10,13,15H,11-12,14H2,(H,25,26,28). The quantitative estimate of drug-likeness (QED) is 0.477. The van der Waals surface area contributed by atoms with Crippen LogP contribution in [0.15, 0.2) is 78.0 Å². The van der Waals surface area contributed by atoms with Gasteiger partial charge in [0.1, 0.15) is 12.1 Å². The molecule has 158 valence electrons. The summed E-state index contributed by atoms with van der Waals surface area (Å²) in [6, 6.07) is 18.4. The molecule has 4 aromatic rings. The molecule has 0 saturated heterocycles. The van der Waals surface area contributed by atoms with Crippen molar-refractivity contribution in [2.24, 2.45) is 0 Å². The molecule has 1 heterocycles. The number of nitrogens with zero attached hydrogens (tertiary/aromatic N) is 3. The van der Waals surface area contributed by atoms with E-state index in [0.29, 0.717) is 6.54 Å². The highest BCUT2D eigenvalue weighted by molar-refractivity contribution is 7.91. The number of sulfone groups is 1. The summed E-state index contributed by atoms with van der Waals surface area (Å²) < 4.78 is 39.7. The summed E-state index contributed by atoms with van der Waals surface area (Å²) in [4.78, 5) is 16.4. The van der Waals surface area contributed by atoms with Crippen molar-refractivity contribution in [3.05, 3.63) is 84.4 Å². The Hall–Kier alpha value is -3.59. The second-order valence-electron chi connectivity index (χ2n) is 7.02. The van der Waals surface area contributed by atoms with Crippen molar-refractivity contribution >= 4 is 32.5 Å². The van der Waals surface area contributed by atoms with Gasteiger partial charge in [-0.1, -0.05) is 42.5 Å². The third-order valence-corrected chi connectivity index (χ3v) is 6.44. The fourth-order valence-corrected chi connectivity index (χ4v) is 4.37. The van der Waals surface area contributed by atoms with Crippen LogP contribution in [-0.2, 0) is 21.2 Å². The van der Waals surface area contributed by atoms with Crippen LogP contribution in [0.2, 0.25) is 0 Å². The zero-order valence-electron chi connectivity index (χ0n) is 16.4. The predicted octanol–water partition coefficient (Wildman–Crippen LogP) is 3.42. The van der Waals surface area contributed by atoms with Crippen LogP contribution in [0.1, 0.15) is 12.0 Å². The van der Waals surface area contributed by atoms with E-state index in [0.717, 1.165) is 16.3 Å². The van der Waals surface area contributed by atoms with Crippen molar-refractivity contribution in [1.29, 1.82) is 0 Å². The number of carbonyl (C=O) groups excluding carboxylic acids is 1. The summed E-state index contributed by atoms with van der Waals surface area (Å²) >= 11 is 0. The van der Waals surface area contributed by atoms with Crippen LogP contribution in [-0.4, -0.2) is 34.8 Å². The highest BCUT2D eigenvalue weighted by Crippen LogP contribution is 2.20. The highest BCUT2D eigenvalue weighted by atomic mass is 32.2. The molecule has 1 aromatic heterocycles. The zero-order valence-corrected chi connectivity index (χ0v) is 17.2. The largest absolute Gasteiger partial charge is 0.293 e. The lowest BCUT2D eigenvalue weighted by atomic mass is 10.1. The molecule has 9 heteroatoms. The van der Waals surface area contributed by atoms with Gasteiger partial charge < -0.3 is 0 Å². The average Bonchev–Trinajstić information content (AvgIpc) is 3.20. The van der Waals surface area contributed by atoms with E-state index in [4.69, 9.17) is 0 Å². The van der Waals surface area contributed by atoms with Gasteiger partial charge in [0.15, 0.2) is 9.84 Å². The fourth-order valence-electron chi connectivity index (χ4n) is 3.10. The van der Waals surface area contributed by atoms with E-state index in [1.54, 1.807) is 30.3 Å². The number of anilines is 1. The maximum atomic E-state index is 13.0. The third kappa shape index (κ3) is 5.13. The number of amides is 1.